The molecule has 110 valence electrons. The summed E-state index contributed by atoms with van der Waals surface area (Å²) in [5.74, 6) is 1.82. The Bertz CT molecular complexity index is 332. The molecule has 19 heavy (non-hydrogen) atoms. The zero-order chi connectivity index (χ0) is 12.6. The standard InChI is InChI=1S/C15H26N2O.ClH/c1-17(10-12-5-4-6-12)14(18)15-8-3-2-7-13(15)9-16-11-15;/h12-13,16H,2-11H2,1H3;1H/t13-,15+;/m0./s1. The Kier molecular flexibility index (Phi) is 4.78. The Labute approximate surface area is 122 Å². The summed E-state index contributed by atoms with van der Waals surface area (Å²) >= 11 is 0. The molecule has 2 saturated carbocycles. The van der Waals surface area contributed by atoms with E-state index < -0.39 is 0 Å². The molecular weight excluding hydrogens is 260 g/mol. The number of carbonyl (C=O) groups is 1. The minimum atomic E-state index is -0.0449. The van der Waals surface area contributed by atoms with E-state index in [1.807, 2.05) is 7.05 Å². The highest BCUT2D eigenvalue weighted by Crippen LogP contribution is 2.45. The van der Waals surface area contributed by atoms with Crippen molar-refractivity contribution in [3.05, 3.63) is 0 Å². The Balaban J connectivity index is 0.00000133. The van der Waals surface area contributed by atoms with E-state index in [4.69, 9.17) is 0 Å². The van der Waals surface area contributed by atoms with E-state index in [2.05, 4.69) is 10.2 Å². The average molecular weight is 287 g/mol. The van der Waals surface area contributed by atoms with Gasteiger partial charge in [0, 0.05) is 20.1 Å². The summed E-state index contributed by atoms with van der Waals surface area (Å²) in [6, 6.07) is 0. The van der Waals surface area contributed by atoms with Crippen LogP contribution in [0.5, 0.6) is 0 Å². The van der Waals surface area contributed by atoms with Crippen molar-refractivity contribution in [2.45, 2.75) is 44.9 Å². The van der Waals surface area contributed by atoms with Crippen molar-refractivity contribution >= 4 is 18.3 Å². The molecule has 0 unspecified atom stereocenters. The van der Waals surface area contributed by atoms with Gasteiger partial charge in [0.25, 0.3) is 0 Å². The first kappa shape index (κ1) is 15.1. The fraction of sp³-hybridized carbons (Fsp3) is 0.933. The van der Waals surface area contributed by atoms with Gasteiger partial charge in [0.05, 0.1) is 5.41 Å². The summed E-state index contributed by atoms with van der Waals surface area (Å²) in [5.41, 5.74) is -0.0449. The number of fused-ring (bicyclic) bond motifs is 1. The number of amides is 1. The Morgan fingerprint density at radius 1 is 1.26 bits per heavy atom. The number of hydrogen-bond acceptors (Lipinski definition) is 2. The van der Waals surface area contributed by atoms with E-state index in [0.29, 0.717) is 11.8 Å². The molecule has 3 rings (SSSR count). The predicted octanol–water partition coefficient (Wildman–Crippen LogP) is 2.45. The monoisotopic (exact) mass is 286 g/mol. The van der Waals surface area contributed by atoms with Crippen molar-refractivity contribution in [2.24, 2.45) is 17.3 Å². The molecule has 3 aliphatic rings. The van der Waals surface area contributed by atoms with Crippen molar-refractivity contribution in [1.29, 1.82) is 0 Å². The summed E-state index contributed by atoms with van der Waals surface area (Å²) in [6.07, 6.45) is 8.92. The number of carbonyl (C=O) groups excluding carboxylic acids is 1. The third kappa shape index (κ3) is 2.64. The minimum absolute atomic E-state index is 0. The molecule has 0 aromatic carbocycles. The summed E-state index contributed by atoms with van der Waals surface area (Å²) < 4.78 is 0. The molecular formula is C15H27ClN2O. The maximum absolute atomic E-state index is 12.9. The van der Waals surface area contributed by atoms with Crippen LogP contribution in [0.15, 0.2) is 0 Å². The molecule has 1 heterocycles. The molecule has 1 amide bonds. The van der Waals surface area contributed by atoms with Gasteiger partial charge in [0.2, 0.25) is 5.91 Å². The summed E-state index contributed by atoms with van der Waals surface area (Å²) in [4.78, 5) is 14.9. The van der Waals surface area contributed by atoms with E-state index in [0.717, 1.165) is 32.0 Å². The minimum Gasteiger partial charge on any atom is -0.345 e. The van der Waals surface area contributed by atoms with Crippen molar-refractivity contribution in [2.75, 3.05) is 26.7 Å². The second-order valence-electron chi connectivity index (χ2n) is 6.71. The van der Waals surface area contributed by atoms with Crippen LogP contribution in [0.25, 0.3) is 0 Å². The first-order valence-corrected chi connectivity index (χ1v) is 7.69. The third-order valence-electron chi connectivity index (χ3n) is 5.57. The van der Waals surface area contributed by atoms with Crippen molar-refractivity contribution in [3.63, 3.8) is 0 Å². The predicted molar refractivity (Wildman–Crippen MR) is 79.5 cm³/mol. The molecule has 1 N–H and O–H groups in total. The van der Waals surface area contributed by atoms with Crippen LogP contribution < -0.4 is 5.32 Å². The van der Waals surface area contributed by atoms with Gasteiger partial charge in [0.15, 0.2) is 0 Å². The lowest BCUT2D eigenvalue weighted by molar-refractivity contribution is -0.145. The third-order valence-corrected chi connectivity index (χ3v) is 5.57. The Hall–Kier alpha value is -0.280. The summed E-state index contributed by atoms with van der Waals surface area (Å²) in [5, 5.41) is 3.47. The van der Waals surface area contributed by atoms with E-state index in [1.165, 1.54) is 38.5 Å². The van der Waals surface area contributed by atoms with E-state index >= 15 is 0 Å². The lowest BCUT2D eigenvalue weighted by Crippen LogP contribution is -2.49. The SMILES string of the molecule is CN(CC1CCC1)C(=O)[C@@]12CCCC[C@H]1CNC2.Cl. The molecule has 0 spiro atoms. The molecule has 4 heteroatoms. The maximum atomic E-state index is 12.9. The van der Waals surface area contributed by atoms with Gasteiger partial charge in [-0.2, -0.15) is 0 Å². The zero-order valence-corrected chi connectivity index (χ0v) is 12.8. The highest BCUT2D eigenvalue weighted by molar-refractivity contribution is 5.85. The molecule has 3 nitrogen and oxygen atoms in total. The van der Waals surface area contributed by atoms with Crippen LogP contribution >= 0.6 is 12.4 Å². The smallest absolute Gasteiger partial charge is 0.230 e. The van der Waals surface area contributed by atoms with Crippen molar-refractivity contribution < 1.29 is 4.79 Å². The van der Waals surface area contributed by atoms with Crippen LogP contribution in [0.2, 0.25) is 0 Å². The van der Waals surface area contributed by atoms with Gasteiger partial charge in [-0.05, 0) is 44.1 Å². The second kappa shape index (κ2) is 6.01. The Morgan fingerprint density at radius 3 is 2.74 bits per heavy atom. The number of hydrogen-bond donors (Lipinski definition) is 1. The van der Waals surface area contributed by atoms with Gasteiger partial charge in [-0.15, -0.1) is 12.4 Å². The van der Waals surface area contributed by atoms with Gasteiger partial charge >= 0.3 is 0 Å². The fourth-order valence-electron chi connectivity index (χ4n) is 4.19. The lowest BCUT2D eigenvalue weighted by Gasteiger charge is -2.41. The first-order valence-electron chi connectivity index (χ1n) is 7.69. The second-order valence-corrected chi connectivity index (χ2v) is 6.71. The first-order chi connectivity index (χ1) is 8.72. The molecule has 0 bridgehead atoms. The molecule has 2 atom stereocenters. The highest BCUT2D eigenvalue weighted by Gasteiger charge is 2.51. The Morgan fingerprint density at radius 2 is 2.05 bits per heavy atom. The van der Waals surface area contributed by atoms with E-state index in [-0.39, 0.29) is 17.8 Å². The highest BCUT2D eigenvalue weighted by atomic mass is 35.5. The zero-order valence-electron chi connectivity index (χ0n) is 12.0. The van der Waals surface area contributed by atoms with Gasteiger partial charge in [-0.1, -0.05) is 19.3 Å². The van der Waals surface area contributed by atoms with Gasteiger partial charge in [0.1, 0.15) is 0 Å². The number of rotatable bonds is 3. The lowest BCUT2D eigenvalue weighted by atomic mass is 9.67. The number of halogens is 1. The van der Waals surface area contributed by atoms with Gasteiger partial charge < -0.3 is 10.2 Å². The van der Waals surface area contributed by atoms with Crippen LogP contribution in [0.4, 0.5) is 0 Å². The summed E-state index contributed by atoms with van der Waals surface area (Å²) in [6.45, 7) is 2.97. The van der Waals surface area contributed by atoms with E-state index in [9.17, 15) is 4.79 Å². The van der Waals surface area contributed by atoms with Gasteiger partial charge in [-0.25, -0.2) is 0 Å². The number of nitrogens with zero attached hydrogens (tertiary/aromatic N) is 1. The molecule has 0 aromatic heterocycles. The summed E-state index contributed by atoms with van der Waals surface area (Å²) in [7, 11) is 2.03. The topological polar surface area (TPSA) is 32.3 Å². The van der Waals surface area contributed by atoms with Crippen LogP contribution in [-0.4, -0.2) is 37.5 Å². The van der Waals surface area contributed by atoms with Crippen LogP contribution in [0.1, 0.15) is 44.9 Å². The van der Waals surface area contributed by atoms with Crippen LogP contribution in [-0.2, 0) is 4.79 Å². The fourth-order valence-corrected chi connectivity index (χ4v) is 4.19. The normalized spacial score (nSPS) is 34.1. The quantitative estimate of drug-likeness (QED) is 0.864. The van der Waals surface area contributed by atoms with Crippen molar-refractivity contribution in [3.8, 4) is 0 Å². The molecule has 1 saturated heterocycles. The van der Waals surface area contributed by atoms with Gasteiger partial charge in [-0.3, -0.25) is 4.79 Å². The van der Waals surface area contributed by atoms with Crippen LogP contribution in [0.3, 0.4) is 0 Å². The maximum Gasteiger partial charge on any atom is 0.230 e. The molecule has 1 aliphatic heterocycles. The largest absolute Gasteiger partial charge is 0.345 e. The molecule has 0 radical (unpaired) electrons. The van der Waals surface area contributed by atoms with Crippen molar-refractivity contribution in [1.82, 2.24) is 10.2 Å². The molecule has 3 fully saturated rings. The van der Waals surface area contributed by atoms with Crippen LogP contribution in [0, 0.1) is 17.3 Å². The number of nitrogens with one attached hydrogen (secondary N) is 1. The van der Waals surface area contributed by atoms with E-state index in [1.54, 1.807) is 0 Å². The molecule has 2 aliphatic carbocycles. The average Bonchev–Trinajstić information content (AvgIpc) is 2.77. The molecule has 0 aromatic rings.